The van der Waals surface area contributed by atoms with Crippen molar-refractivity contribution in [2.24, 2.45) is 0 Å². The number of aliphatic hydroxyl groups excluding tert-OH is 1. The maximum atomic E-state index is 13.0. The molecule has 1 heterocycles. The molecule has 0 bridgehead atoms. The maximum Gasteiger partial charge on any atom is 0.251 e. The molecule has 0 fully saturated rings. The van der Waals surface area contributed by atoms with Crippen molar-refractivity contribution in [2.75, 3.05) is 6.61 Å². The lowest BCUT2D eigenvalue weighted by Gasteiger charge is -2.04. The second kappa shape index (κ2) is 6.97. The largest absolute Gasteiger partial charge is 0.384 e. The van der Waals surface area contributed by atoms with Gasteiger partial charge in [-0.2, -0.15) is 0 Å². The van der Waals surface area contributed by atoms with Crippen LogP contribution in [0, 0.1) is 23.5 Å². The van der Waals surface area contributed by atoms with Crippen LogP contribution in [0.3, 0.4) is 0 Å². The standard InChI is InChI=1S/C15H11F2NO2S/c16-13-4-3-11(7-14(13)17)15(20)18-8-12-6-10(9-21-12)2-1-5-19/h3-4,6-7,9,19H,5,8H2,(H,18,20). The summed E-state index contributed by atoms with van der Waals surface area (Å²) in [6.07, 6.45) is 0. The normalized spacial score (nSPS) is 9.86. The minimum atomic E-state index is -1.06. The Kier molecular flexibility index (Phi) is 5.04. The van der Waals surface area contributed by atoms with E-state index >= 15 is 0 Å². The Morgan fingerprint density at radius 1 is 1.29 bits per heavy atom. The molecule has 6 heteroatoms. The Morgan fingerprint density at radius 3 is 2.81 bits per heavy atom. The number of halogens is 2. The summed E-state index contributed by atoms with van der Waals surface area (Å²) >= 11 is 1.41. The molecule has 1 amide bonds. The molecule has 3 nitrogen and oxygen atoms in total. The van der Waals surface area contributed by atoms with Crippen LogP contribution in [-0.2, 0) is 6.54 Å². The van der Waals surface area contributed by atoms with Crippen molar-refractivity contribution in [1.82, 2.24) is 5.32 Å². The number of amides is 1. The van der Waals surface area contributed by atoms with Crippen molar-refractivity contribution >= 4 is 17.2 Å². The highest BCUT2D eigenvalue weighted by atomic mass is 32.1. The van der Waals surface area contributed by atoms with Crippen LogP contribution in [0.15, 0.2) is 29.6 Å². The summed E-state index contributed by atoms with van der Waals surface area (Å²) in [6.45, 7) is 0.0569. The fourth-order valence-corrected chi connectivity index (χ4v) is 2.34. The monoisotopic (exact) mass is 307 g/mol. The van der Waals surface area contributed by atoms with Crippen molar-refractivity contribution < 1.29 is 18.7 Å². The van der Waals surface area contributed by atoms with Gasteiger partial charge in [0, 0.05) is 21.4 Å². The lowest BCUT2D eigenvalue weighted by Crippen LogP contribution is -2.22. The third kappa shape index (κ3) is 4.12. The van der Waals surface area contributed by atoms with Crippen molar-refractivity contribution in [3.63, 3.8) is 0 Å². The Morgan fingerprint density at radius 2 is 2.10 bits per heavy atom. The van der Waals surface area contributed by atoms with Gasteiger partial charge < -0.3 is 10.4 Å². The molecule has 0 aliphatic rings. The van der Waals surface area contributed by atoms with E-state index in [1.54, 1.807) is 6.07 Å². The quantitative estimate of drug-likeness (QED) is 0.855. The molecule has 0 radical (unpaired) electrons. The second-order valence-corrected chi connectivity index (χ2v) is 5.07. The number of rotatable bonds is 3. The lowest BCUT2D eigenvalue weighted by molar-refractivity contribution is 0.0950. The van der Waals surface area contributed by atoms with Gasteiger partial charge in [0.1, 0.15) is 6.61 Å². The number of carbonyl (C=O) groups is 1. The molecule has 0 aliphatic carbocycles. The Labute approximate surface area is 124 Å². The number of nitrogens with one attached hydrogen (secondary N) is 1. The van der Waals surface area contributed by atoms with Crippen LogP contribution in [0.4, 0.5) is 8.78 Å². The SMILES string of the molecule is O=C(NCc1cc(C#CCO)cs1)c1ccc(F)c(F)c1. The highest BCUT2D eigenvalue weighted by Crippen LogP contribution is 2.14. The van der Waals surface area contributed by atoms with Gasteiger partial charge in [-0.15, -0.1) is 11.3 Å². The zero-order chi connectivity index (χ0) is 15.2. The Balaban J connectivity index is 1.97. The van der Waals surface area contributed by atoms with Crippen LogP contribution in [0.25, 0.3) is 0 Å². The molecule has 21 heavy (non-hydrogen) atoms. The number of benzene rings is 1. The van der Waals surface area contributed by atoms with Crippen LogP contribution in [-0.4, -0.2) is 17.6 Å². The maximum absolute atomic E-state index is 13.0. The van der Waals surface area contributed by atoms with Crippen molar-refractivity contribution in [3.8, 4) is 11.8 Å². The molecule has 2 aromatic rings. The summed E-state index contributed by atoms with van der Waals surface area (Å²) in [5.74, 6) is 2.76. The van der Waals surface area contributed by atoms with Gasteiger partial charge in [0.05, 0.1) is 6.54 Å². The van der Waals surface area contributed by atoms with Crippen LogP contribution in [0.5, 0.6) is 0 Å². The van der Waals surface area contributed by atoms with Gasteiger partial charge in [-0.3, -0.25) is 4.79 Å². The zero-order valence-electron chi connectivity index (χ0n) is 10.8. The summed E-state index contributed by atoms with van der Waals surface area (Å²) in [4.78, 5) is 12.7. The van der Waals surface area contributed by atoms with Crippen LogP contribution >= 0.6 is 11.3 Å². The molecule has 0 atom stereocenters. The zero-order valence-corrected chi connectivity index (χ0v) is 11.6. The third-order valence-electron chi connectivity index (χ3n) is 2.57. The van der Waals surface area contributed by atoms with E-state index in [0.29, 0.717) is 0 Å². The average Bonchev–Trinajstić information content (AvgIpc) is 2.93. The third-order valence-corrected chi connectivity index (χ3v) is 3.51. The summed E-state index contributed by atoms with van der Waals surface area (Å²) in [5, 5.41) is 13.0. The van der Waals surface area contributed by atoms with E-state index in [1.165, 1.54) is 17.4 Å². The summed E-state index contributed by atoms with van der Waals surface area (Å²) < 4.78 is 25.8. The predicted octanol–water partition coefficient (Wildman–Crippen LogP) is 2.30. The van der Waals surface area contributed by atoms with Crippen molar-refractivity contribution in [3.05, 3.63) is 57.3 Å². The molecule has 1 aromatic heterocycles. The molecular weight excluding hydrogens is 296 g/mol. The summed E-state index contributed by atoms with van der Waals surface area (Å²) in [7, 11) is 0. The first-order valence-electron chi connectivity index (χ1n) is 6.00. The summed E-state index contributed by atoms with van der Waals surface area (Å²) in [5.41, 5.74) is 0.817. The van der Waals surface area contributed by atoms with Gasteiger partial charge in [-0.05, 0) is 24.3 Å². The van der Waals surface area contributed by atoms with Gasteiger partial charge in [-0.25, -0.2) is 8.78 Å². The fraction of sp³-hybridized carbons (Fsp3) is 0.133. The number of hydrogen-bond acceptors (Lipinski definition) is 3. The fourth-order valence-electron chi connectivity index (χ4n) is 1.59. The van der Waals surface area contributed by atoms with E-state index in [0.717, 1.165) is 22.6 Å². The molecule has 0 saturated carbocycles. The van der Waals surface area contributed by atoms with E-state index in [4.69, 9.17) is 5.11 Å². The van der Waals surface area contributed by atoms with E-state index in [9.17, 15) is 13.6 Å². The van der Waals surface area contributed by atoms with Crippen LogP contribution in [0.2, 0.25) is 0 Å². The first kappa shape index (κ1) is 15.2. The van der Waals surface area contributed by atoms with Gasteiger partial charge in [-0.1, -0.05) is 11.8 Å². The Hall–Kier alpha value is -2.23. The lowest BCUT2D eigenvalue weighted by atomic mass is 10.2. The highest BCUT2D eigenvalue weighted by Gasteiger charge is 2.09. The summed E-state index contributed by atoms with van der Waals surface area (Å²) in [6, 6.07) is 4.79. The van der Waals surface area contributed by atoms with E-state index in [1.807, 2.05) is 5.38 Å². The number of carbonyl (C=O) groups excluding carboxylic acids is 1. The van der Waals surface area contributed by atoms with Gasteiger partial charge in [0.15, 0.2) is 11.6 Å². The minimum absolute atomic E-state index is 0.0609. The molecule has 0 aliphatic heterocycles. The molecule has 0 unspecified atom stereocenters. The average molecular weight is 307 g/mol. The predicted molar refractivity (Wildman–Crippen MR) is 75.8 cm³/mol. The topological polar surface area (TPSA) is 49.3 Å². The van der Waals surface area contributed by atoms with Crippen LogP contribution in [0.1, 0.15) is 20.8 Å². The van der Waals surface area contributed by atoms with Gasteiger partial charge >= 0.3 is 0 Å². The molecule has 2 rings (SSSR count). The van der Waals surface area contributed by atoms with E-state index < -0.39 is 17.5 Å². The van der Waals surface area contributed by atoms with Crippen molar-refractivity contribution in [2.45, 2.75) is 6.54 Å². The first-order valence-corrected chi connectivity index (χ1v) is 6.88. The molecule has 1 aromatic carbocycles. The number of hydrogen-bond donors (Lipinski definition) is 2. The second-order valence-electron chi connectivity index (χ2n) is 4.07. The molecule has 0 saturated heterocycles. The molecule has 2 N–H and O–H groups in total. The number of aliphatic hydroxyl groups is 1. The molecular formula is C15H11F2NO2S. The van der Waals surface area contributed by atoms with E-state index in [2.05, 4.69) is 17.2 Å². The van der Waals surface area contributed by atoms with Crippen molar-refractivity contribution in [1.29, 1.82) is 0 Å². The van der Waals surface area contributed by atoms with E-state index in [-0.39, 0.29) is 18.7 Å². The van der Waals surface area contributed by atoms with Gasteiger partial charge in [0.25, 0.3) is 5.91 Å². The van der Waals surface area contributed by atoms with Crippen LogP contribution < -0.4 is 5.32 Å². The number of thiophene rings is 1. The van der Waals surface area contributed by atoms with Gasteiger partial charge in [0.2, 0.25) is 0 Å². The Bertz CT molecular complexity index is 716. The molecule has 0 spiro atoms. The highest BCUT2D eigenvalue weighted by molar-refractivity contribution is 7.10. The first-order chi connectivity index (χ1) is 10.1. The molecule has 108 valence electrons. The minimum Gasteiger partial charge on any atom is -0.384 e. The smallest absolute Gasteiger partial charge is 0.251 e.